The second kappa shape index (κ2) is 7.93. The summed E-state index contributed by atoms with van der Waals surface area (Å²) in [6, 6.07) is 9.67. The topological polar surface area (TPSA) is 78.2 Å². The quantitative estimate of drug-likeness (QED) is 0.699. The van der Waals surface area contributed by atoms with Crippen LogP contribution in [0.25, 0.3) is 11.2 Å². The van der Waals surface area contributed by atoms with Gasteiger partial charge in [0.05, 0.1) is 24.6 Å². The summed E-state index contributed by atoms with van der Waals surface area (Å²) in [6.45, 7) is 2.03. The largest absolute Gasteiger partial charge is 0.381 e. The summed E-state index contributed by atoms with van der Waals surface area (Å²) in [4.78, 5) is 29.4. The molecule has 3 heterocycles. The van der Waals surface area contributed by atoms with Crippen LogP contribution < -0.4 is 11.0 Å². The fourth-order valence-corrected chi connectivity index (χ4v) is 3.45. The Morgan fingerprint density at radius 3 is 2.82 bits per heavy atom. The van der Waals surface area contributed by atoms with Gasteiger partial charge < -0.3 is 10.1 Å². The van der Waals surface area contributed by atoms with Crippen molar-refractivity contribution in [2.24, 2.45) is 5.92 Å². The van der Waals surface area contributed by atoms with Gasteiger partial charge >= 0.3 is 5.69 Å². The van der Waals surface area contributed by atoms with Crippen molar-refractivity contribution in [2.75, 3.05) is 19.8 Å². The molecule has 7 nitrogen and oxygen atoms in total. The third kappa shape index (κ3) is 3.68. The number of halogens is 1. The zero-order valence-corrected chi connectivity index (χ0v) is 15.3. The molecule has 1 atom stereocenters. The maximum absolute atomic E-state index is 13.2. The van der Waals surface area contributed by atoms with Crippen LogP contribution in [0.3, 0.4) is 0 Å². The van der Waals surface area contributed by atoms with E-state index in [1.165, 1.54) is 12.1 Å². The van der Waals surface area contributed by atoms with E-state index >= 15 is 0 Å². The standard InChI is InChI=1S/C20H21FN4O3/c21-16-5-3-14(4-6-16)12-25-17-2-1-8-22-18(17)24(20(25)27)10-9-23-19(26)15-7-11-28-13-15/h1-6,8,15H,7,9-13H2,(H,23,26). The minimum atomic E-state index is -0.316. The number of carbonyl (C=O) groups excluding carboxylic acids is 1. The van der Waals surface area contributed by atoms with Crippen LogP contribution in [0.5, 0.6) is 0 Å². The van der Waals surface area contributed by atoms with Crippen molar-refractivity contribution >= 4 is 17.1 Å². The van der Waals surface area contributed by atoms with Crippen molar-refractivity contribution in [3.8, 4) is 0 Å². The number of aromatic nitrogens is 3. The van der Waals surface area contributed by atoms with Gasteiger partial charge in [-0.15, -0.1) is 0 Å². The second-order valence-electron chi connectivity index (χ2n) is 6.84. The molecule has 146 valence electrons. The second-order valence-corrected chi connectivity index (χ2v) is 6.84. The van der Waals surface area contributed by atoms with E-state index in [1.807, 2.05) is 6.07 Å². The maximum Gasteiger partial charge on any atom is 0.330 e. The van der Waals surface area contributed by atoms with Crippen LogP contribution in [-0.2, 0) is 22.6 Å². The average molecular weight is 384 g/mol. The lowest BCUT2D eigenvalue weighted by atomic mass is 10.1. The predicted octanol–water partition coefficient (Wildman–Crippen LogP) is 1.54. The van der Waals surface area contributed by atoms with Crippen LogP contribution in [0.1, 0.15) is 12.0 Å². The molecule has 1 N–H and O–H groups in total. The Bertz CT molecular complexity index is 1040. The highest BCUT2D eigenvalue weighted by Gasteiger charge is 2.23. The number of nitrogens with zero attached hydrogens (tertiary/aromatic N) is 3. The molecule has 1 aliphatic rings. The zero-order chi connectivity index (χ0) is 19.5. The first-order chi connectivity index (χ1) is 13.6. The van der Waals surface area contributed by atoms with Gasteiger partial charge in [0.15, 0.2) is 5.65 Å². The number of nitrogens with one attached hydrogen (secondary N) is 1. The van der Waals surface area contributed by atoms with Crippen molar-refractivity contribution in [1.29, 1.82) is 0 Å². The number of amides is 1. The highest BCUT2D eigenvalue weighted by atomic mass is 19.1. The van der Waals surface area contributed by atoms with Crippen LogP contribution in [0.2, 0.25) is 0 Å². The van der Waals surface area contributed by atoms with Crippen molar-refractivity contribution in [1.82, 2.24) is 19.4 Å². The molecule has 8 heteroatoms. The SMILES string of the molecule is O=C(NCCn1c(=O)n(Cc2ccc(F)cc2)c2cccnc21)C1CCOC1. The van der Waals surface area contributed by atoms with Gasteiger partial charge in [0, 0.05) is 25.9 Å². The smallest absolute Gasteiger partial charge is 0.330 e. The molecule has 0 aliphatic carbocycles. The highest BCUT2D eigenvalue weighted by Crippen LogP contribution is 2.14. The summed E-state index contributed by atoms with van der Waals surface area (Å²) in [5.41, 5.74) is 1.87. The van der Waals surface area contributed by atoms with Crippen molar-refractivity contribution in [2.45, 2.75) is 19.5 Å². The molecule has 1 saturated heterocycles. The fraction of sp³-hybridized carbons (Fsp3) is 0.350. The Labute approximate surface area is 160 Å². The van der Waals surface area contributed by atoms with E-state index in [0.717, 1.165) is 12.0 Å². The van der Waals surface area contributed by atoms with Gasteiger partial charge in [-0.2, -0.15) is 0 Å². The molecule has 0 bridgehead atoms. The van der Waals surface area contributed by atoms with Crippen molar-refractivity contribution < 1.29 is 13.9 Å². The molecule has 1 fully saturated rings. The fourth-order valence-electron chi connectivity index (χ4n) is 3.45. The van der Waals surface area contributed by atoms with E-state index in [0.29, 0.717) is 44.0 Å². The molecule has 0 spiro atoms. The van der Waals surface area contributed by atoms with Crippen LogP contribution in [0.15, 0.2) is 47.4 Å². The number of imidazole rings is 1. The number of fused-ring (bicyclic) bond motifs is 1. The molecule has 0 saturated carbocycles. The average Bonchev–Trinajstić information content (AvgIpc) is 3.33. The molecular weight excluding hydrogens is 363 g/mol. The minimum Gasteiger partial charge on any atom is -0.381 e. The molecule has 1 amide bonds. The van der Waals surface area contributed by atoms with Crippen molar-refractivity contribution in [3.05, 3.63) is 64.5 Å². The molecule has 1 unspecified atom stereocenters. The molecule has 1 aromatic carbocycles. The van der Waals surface area contributed by atoms with Crippen LogP contribution in [0, 0.1) is 11.7 Å². The molecule has 3 aromatic rings. The minimum absolute atomic E-state index is 0.0476. The Kier molecular flexibility index (Phi) is 5.21. The lowest BCUT2D eigenvalue weighted by Gasteiger charge is -2.09. The van der Waals surface area contributed by atoms with Crippen LogP contribution in [-0.4, -0.2) is 39.8 Å². The van der Waals surface area contributed by atoms with Crippen LogP contribution in [0.4, 0.5) is 4.39 Å². The first kappa shape index (κ1) is 18.4. The van der Waals surface area contributed by atoms with E-state index in [4.69, 9.17) is 4.74 Å². The molecular formula is C20H21FN4O3. The monoisotopic (exact) mass is 384 g/mol. The molecule has 28 heavy (non-hydrogen) atoms. The first-order valence-corrected chi connectivity index (χ1v) is 9.27. The van der Waals surface area contributed by atoms with Gasteiger partial charge in [-0.25, -0.2) is 14.2 Å². The number of hydrogen-bond acceptors (Lipinski definition) is 4. The molecule has 0 radical (unpaired) electrons. The Hall–Kier alpha value is -3.00. The number of ether oxygens (including phenoxy) is 1. The van der Waals surface area contributed by atoms with E-state index in [-0.39, 0.29) is 23.3 Å². The van der Waals surface area contributed by atoms with Gasteiger partial charge in [0.2, 0.25) is 5.91 Å². The number of carbonyl (C=O) groups is 1. The zero-order valence-electron chi connectivity index (χ0n) is 15.3. The van der Waals surface area contributed by atoms with E-state index in [2.05, 4.69) is 10.3 Å². The lowest BCUT2D eigenvalue weighted by Crippen LogP contribution is -2.35. The Morgan fingerprint density at radius 2 is 2.07 bits per heavy atom. The van der Waals surface area contributed by atoms with Gasteiger partial charge in [-0.1, -0.05) is 12.1 Å². The van der Waals surface area contributed by atoms with Gasteiger partial charge in [-0.3, -0.25) is 13.9 Å². The highest BCUT2D eigenvalue weighted by molar-refractivity contribution is 5.79. The van der Waals surface area contributed by atoms with Gasteiger partial charge in [-0.05, 0) is 36.2 Å². The summed E-state index contributed by atoms with van der Waals surface area (Å²) >= 11 is 0. The summed E-state index contributed by atoms with van der Waals surface area (Å²) < 4.78 is 21.6. The summed E-state index contributed by atoms with van der Waals surface area (Å²) in [7, 11) is 0. The van der Waals surface area contributed by atoms with Gasteiger partial charge in [0.25, 0.3) is 0 Å². The van der Waals surface area contributed by atoms with Crippen molar-refractivity contribution in [3.63, 3.8) is 0 Å². The van der Waals surface area contributed by atoms with Gasteiger partial charge in [0.1, 0.15) is 5.82 Å². The summed E-state index contributed by atoms with van der Waals surface area (Å²) in [5.74, 6) is -0.480. The third-order valence-electron chi connectivity index (χ3n) is 4.96. The number of benzene rings is 1. The lowest BCUT2D eigenvalue weighted by molar-refractivity contribution is -0.124. The number of rotatable bonds is 6. The predicted molar refractivity (Wildman–Crippen MR) is 101 cm³/mol. The summed E-state index contributed by atoms with van der Waals surface area (Å²) in [5, 5.41) is 2.87. The summed E-state index contributed by atoms with van der Waals surface area (Å²) in [6.07, 6.45) is 2.36. The Balaban J connectivity index is 1.54. The normalized spacial score (nSPS) is 16.5. The number of pyridine rings is 1. The van der Waals surface area contributed by atoms with E-state index < -0.39 is 0 Å². The van der Waals surface area contributed by atoms with E-state index in [1.54, 1.807) is 33.5 Å². The maximum atomic E-state index is 13.2. The van der Waals surface area contributed by atoms with Crippen LogP contribution >= 0.6 is 0 Å². The molecule has 2 aromatic heterocycles. The van der Waals surface area contributed by atoms with E-state index in [9.17, 15) is 14.0 Å². The first-order valence-electron chi connectivity index (χ1n) is 9.27. The number of hydrogen-bond donors (Lipinski definition) is 1. The Morgan fingerprint density at radius 1 is 1.25 bits per heavy atom. The molecule has 1 aliphatic heterocycles. The molecule has 4 rings (SSSR count). The third-order valence-corrected chi connectivity index (χ3v) is 4.96.